The molecule has 0 radical (unpaired) electrons. The molecule has 10 nitrogen and oxygen atoms in total. The minimum absolute atomic E-state index is 0.0385. The van der Waals surface area contributed by atoms with Crippen molar-refractivity contribution in [3.05, 3.63) is 386 Å². The van der Waals surface area contributed by atoms with Crippen LogP contribution in [-0.2, 0) is 14.4 Å². The molecule has 0 saturated carbocycles. The first-order chi connectivity index (χ1) is 60.7. The number of ketones is 3. The molecule has 3 aliphatic carbocycles. The third-order valence-electron chi connectivity index (χ3n) is 25.6. The van der Waals surface area contributed by atoms with Crippen molar-refractivity contribution in [2.75, 3.05) is 59.3 Å². The fourth-order valence-corrected chi connectivity index (χ4v) is 21.1. The number of anilines is 6. The van der Waals surface area contributed by atoms with Gasteiger partial charge in [-0.05, 0) is 256 Å². The molecule has 0 aromatic heterocycles. The number of nitrogens with one attached hydrogen (secondary N) is 4. The number of hydrogen-bond acceptors (Lipinski definition) is 9. The van der Waals surface area contributed by atoms with Gasteiger partial charge < -0.3 is 31.1 Å². The zero-order valence-corrected chi connectivity index (χ0v) is 76.0. The lowest BCUT2D eigenvalue weighted by Crippen LogP contribution is -2.33. The van der Waals surface area contributed by atoms with Gasteiger partial charge in [-0.25, -0.2) is 0 Å². The number of fused-ring (bicyclic) bond motifs is 12. The number of amides is 1. The number of carbonyl (C=O) groups excluding carboxylic acids is 4. The number of carbonyl (C=O) groups is 4. The van der Waals surface area contributed by atoms with Crippen molar-refractivity contribution < 1.29 is 19.2 Å². The van der Waals surface area contributed by atoms with Crippen molar-refractivity contribution in [1.29, 1.82) is 0 Å². The molecule has 3 atom stereocenters. The Bertz CT molecular complexity index is 6930. The van der Waals surface area contributed by atoms with Crippen LogP contribution in [0.3, 0.4) is 0 Å². The standard InChI is InChI=1S/C33H29NO.C31H29BrN2O.C31H27NO.C19H17BrN2O/c1-33(2)20-28-27-19-26(23-11-7-4-8-12-23)17-18-29(27)34-32(31(28)30(35)21-33)25-15-13-24(14-16-25)22-9-5-3-6-10-22;1-31(2)16-23-28-22-14-19-8-6-5-7-18(19)13-20(22)9-11-25(28)33-30(29(23)27(35)17-31)21-10-12-26(34(3)4)24(32)15-21;1-31(2)18-25-28-24-11-7-6-10-22(24)16-17-26(28)32-30(29(25)27(33)19-31)23-14-12-21(13-15-23)20-8-4-3-5-9-20;1-22(2)18-10-8-15(12-17(18)20)19(23)21-16-9-7-13-5-3-4-6-14(13)11-16/h3-19,32,34H,20-21H2,1-2H3;5-15,30,33H,16-17H2,1-4H3;3-17,30,32H,18-19H2,1-2H3;3-12H,1-2H3,(H,21,23). The average Bonchev–Trinajstić information content (AvgIpc) is 0.731. The van der Waals surface area contributed by atoms with Gasteiger partial charge in [0.1, 0.15) is 0 Å². The molecule has 6 aliphatic rings. The molecule has 21 rings (SSSR count). The van der Waals surface area contributed by atoms with Crippen molar-refractivity contribution in [1.82, 2.24) is 0 Å². The Kier molecular flexibility index (Phi) is 23.0. The van der Waals surface area contributed by atoms with Gasteiger partial charge >= 0.3 is 0 Å². The van der Waals surface area contributed by atoms with Gasteiger partial charge in [-0.15, -0.1) is 0 Å². The van der Waals surface area contributed by atoms with Gasteiger partial charge in [-0.3, -0.25) is 19.2 Å². The molecule has 15 aromatic rings. The highest BCUT2D eigenvalue weighted by Crippen LogP contribution is 2.56. The smallest absolute Gasteiger partial charge is 0.255 e. The fourth-order valence-electron chi connectivity index (χ4n) is 19.6. The Morgan fingerprint density at radius 1 is 0.325 bits per heavy atom. The van der Waals surface area contributed by atoms with Crippen LogP contribution in [0.15, 0.2) is 347 Å². The van der Waals surface area contributed by atoms with Crippen LogP contribution in [-0.4, -0.2) is 51.4 Å². The summed E-state index contributed by atoms with van der Waals surface area (Å²) in [6.07, 6.45) is 4.45. The zero-order valence-electron chi connectivity index (χ0n) is 72.9. The summed E-state index contributed by atoms with van der Waals surface area (Å²) in [5, 5.41) is 23.8. The van der Waals surface area contributed by atoms with Crippen LogP contribution in [0.2, 0.25) is 0 Å². The maximum atomic E-state index is 13.7. The second-order valence-corrected chi connectivity index (χ2v) is 38.8. The van der Waals surface area contributed by atoms with E-state index in [1.54, 1.807) is 0 Å². The molecule has 15 aromatic carbocycles. The fraction of sp³-hybridized carbons (Fsp3) is 0.193. The van der Waals surface area contributed by atoms with E-state index < -0.39 is 0 Å². The summed E-state index contributed by atoms with van der Waals surface area (Å²) in [4.78, 5) is 57.4. The highest BCUT2D eigenvalue weighted by molar-refractivity contribution is 9.11. The lowest BCUT2D eigenvalue weighted by molar-refractivity contribution is -0.118. The first-order valence-corrected chi connectivity index (χ1v) is 45.1. The summed E-state index contributed by atoms with van der Waals surface area (Å²) in [6, 6.07) is 111. The Labute approximate surface area is 755 Å². The molecule has 12 heteroatoms. The number of halogens is 2. The Morgan fingerprint density at radius 3 is 1.22 bits per heavy atom. The van der Waals surface area contributed by atoms with E-state index in [0.717, 1.165) is 107 Å². The SMILES string of the molecule is CC1(C)CC(=O)C2=C(C1)c1c(ccc3ccccc13)NC2c1ccc(-c2ccccc2)cc1.CC1(C)CC(=O)C2=C(C1)c1cc(-c3ccccc3)ccc1NC2c1ccc(-c2ccccc2)cc1.CN(C)c1ccc(C(=O)Nc2ccc3ccccc3c2)cc1Br.CN(C)c1ccc(C2Nc3ccc4cc5ccccc5cc4c3C3=C2C(=O)CC(C)(C)C3)cc1Br. The maximum Gasteiger partial charge on any atom is 0.255 e. The summed E-state index contributed by atoms with van der Waals surface area (Å²) in [5.41, 5.74) is 27.3. The quantitative estimate of drug-likeness (QED) is 0.0992. The van der Waals surface area contributed by atoms with Crippen molar-refractivity contribution >= 4 is 149 Å². The molecule has 0 spiro atoms. The number of rotatable bonds is 10. The van der Waals surface area contributed by atoms with Gasteiger partial charge in [0, 0.05) is 118 Å². The van der Waals surface area contributed by atoms with Crippen molar-refractivity contribution in [2.24, 2.45) is 16.2 Å². The number of Topliss-reactive ketones (excluding diaryl/α,β-unsaturated/α-hetero) is 3. The van der Waals surface area contributed by atoms with Crippen LogP contribution in [0.1, 0.15) is 142 Å². The molecular weight excluding hydrogens is 1680 g/mol. The monoisotopic (exact) mass is 1780 g/mol. The molecule has 0 bridgehead atoms. The predicted molar refractivity (Wildman–Crippen MR) is 534 cm³/mol. The molecule has 3 unspecified atom stereocenters. The molecule has 4 N–H and O–H groups in total. The summed E-state index contributed by atoms with van der Waals surface area (Å²) >= 11 is 7.26. The summed E-state index contributed by atoms with van der Waals surface area (Å²) in [7, 11) is 8.01. The second kappa shape index (κ2) is 34.5. The van der Waals surface area contributed by atoms with Crippen LogP contribution in [0.4, 0.5) is 34.1 Å². The van der Waals surface area contributed by atoms with Gasteiger partial charge in [0.2, 0.25) is 0 Å². The molecule has 3 aliphatic heterocycles. The van der Waals surface area contributed by atoms with Crippen LogP contribution in [0, 0.1) is 16.2 Å². The summed E-state index contributed by atoms with van der Waals surface area (Å²) < 4.78 is 1.93. The minimum atomic E-state index is -0.161. The highest BCUT2D eigenvalue weighted by atomic mass is 79.9. The molecule has 0 fully saturated rings. The molecular formula is C114H102Br2N6O4. The zero-order chi connectivity index (χ0) is 87.5. The van der Waals surface area contributed by atoms with Crippen LogP contribution in [0.25, 0.3) is 93.2 Å². The molecule has 1 amide bonds. The van der Waals surface area contributed by atoms with E-state index >= 15 is 0 Å². The van der Waals surface area contributed by atoms with E-state index in [0.29, 0.717) is 24.8 Å². The maximum absolute atomic E-state index is 13.7. The number of hydrogen-bond donors (Lipinski definition) is 4. The highest BCUT2D eigenvalue weighted by Gasteiger charge is 2.44. The Balaban J connectivity index is 0.000000115. The molecule has 126 heavy (non-hydrogen) atoms. The van der Waals surface area contributed by atoms with Gasteiger partial charge in [0.25, 0.3) is 5.91 Å². The van der Waals surface area contributed by atoms with Crippen molar-refractivity contribution in [3.8, 4) is 33.4 Å². The summed E-state index contributed by atoms with van der Waals surface area (Å²) in [6.45, 7) is 13.3. The number of nitrogens with zero attached hydrogens (tertiary/aromatic N) is 2. The predicted octanol–water partition coefficient (Wildman–Crippen LogP) is 29.2. The van der Waals surface area contributed by atoms with E-state index in [1.165, 1.54) is 99.1 Å². The third-order valence-corrected chi connectivity index (χ3v) is 26.9. The van der Waals surface area contributed by atoms with E-state index in [2.05, 4.69) is 348 Å². The lowest BCUT2D eigenvalue weighted by atomic mass is 9.68. The largest absolute Gasteiger partial charge is 0.377 e. The van der Waals surface area contributed by atoms with Crippen LogP contribution < -0.4 is 31.1 Å². The summed E-state index contributed by atoms with van der Waals surface area (Å²) in [5.74, 6) is 0.664. The first-order valence-electron chi connectivity index (χ1n) is 43.6. The first kappa shape index (κ1) is 83.9. The normalized spacial score (nSPS) is 17.3. The van der Waals surface area contributed by atoms with Gasteiger partial charge in [0.15, 0.2) is 17.3 Å². The average molecular weight is 1780 g/mol. The Hall–Kier alpha value is -13.0. The van der Waals surface area contributed by atoms with Crippen molar-refractivity contribution in [3.63, 3.8) is 0 Å². The van der Waals surface area contributed by atoms with Gasteiger partial charge in [-0.2, -0.15) is 0 Å². The van der Waals surface area contributed by atoms with Crippen molar-refractivity contribution in [2.45, 2.75) is 98.2 Å². The van der Waals surface area contributed by atoms with Crippen LogP contribution >= 0.6 is 31.9 Å². The van der Waals surface area contributed by atoms with E-state index in [1.807, 2.05) is 106 Å². The lowest BCUT2D eigenvalue weighted by Gasteiger charge is -2.40. The minimum Gasteiger partial charge on any atom is -0.377 e. The number of benzene rings is 15. The molecule has 626 valence electrons. The topological polar surface area (TPSA) is 123 Å². The van der Waals surface area contributed by atoms with E-state index in [-0.39, 0.29) is 57.6 Å². The van der Waals surface area contributed by atoms with E-state index in [4.69, 9.17) is 0 Å². The van der Waals surface area contributed by atoms with Gasteiger partial charge in [0.05, 0.1) is 29.5 Å². The third kappa shape index (κ3) is 17.1. The second-order valence-electron chi connectivity index (χ2n) is 37.1. The van der Waals surface area contributed by atoms with E-state index in [9.17, 15) is 19.2 Å². The van der Waals surface area contributed by atoms with Gasteiger partial charge in [-0.1, -0.05) is 284 Å². The molecule has 3 heterocycles. The van der Waals surface area contributed by atoms with Crippen LogP contribution in [0.5, 0.6) is 0 Å². The molecule has 0 saturated heterocycles. The Morgan fingerprint density at radius 2 is 0.706 bits per heavy atom. The number of allylic oxidation sites excluding steroid dienone is 3.